The van der Waals surface area contributed by atoms with Gasteiger partial charge in [-0.1, -0.05) is 37.9 Å². The van der Waals surface area contributed by atoms with Gasteiger partial charge < -0.3 is 5.32 Å². The Morgan fingerprint density at radius 2 is 2.18 bits per heavy atom. The van der Waals surface area contributed by atoms with Crippen LogP contribution in [0.4, 0.5) is 0 Å². The lowest BCUT2D eigenvalue weighted by Crippen LogP contribution is -2.33. The maximum Gasteiger partial charge on any atom is 0.0545 e. The Morgan fingerprint density at radius 3 is 2.76 bits per heavy atom. The van der Waals surface area contributed by atoms with E-state index >= 15 is 0 Å². The molecule has 2 nitrogen and oxygen atoms in total. The first-order valence-corrected chi connectivity index (χ1v) is 7.74. The van der Waals surface area contributed by atoms with Crippen LogP contribution in [-0.4, -0.2) is 22.5 Å². The molecule has 0 heterocycles. The van der Waals surface area contributed by atoms with Gasteiger partial charge in [0.25, 0.3) is 0 Å². The molecule has 4 heteroatoms. The van der Waals surface area contributed by atoms with Crippen molar-refractivity contribution >= 4 is 22.4 Å². The topological polar surface area (TPSA) is 29.1 Å². The maximum atomic E-state index is 12.2. The SMILES string of the molecule is CCCC(CS(=O)c1cccc(Cl)c1)NCC. The maximum absolute atomic E-state index is 12.2. The fourth-order valence-corrected chi connectivity index (χ4v) is 3.36. The molecule has 0 aromatic heterocycles. The largest absolute Gasteiger partial charge is 0.313 e. The van der Waals surface area contributed by atoms with Crippen molar-refractivity contribution < 1.29 is 4.21 Å². The van der Waals surface area contributed by atoms with Crippen LogP contribution in [0.25, 0.3) is 0 Å². The van der Waals surface area contributed by atoms with Gasteiger partial charge in [-0.05, 0) is 31.2 Å². The fraction of sp³-hybridized carbons (Fsp3) is 0.538. The first-order chi connectivity index (χ1) is 8.17. The van der Waals surface area contributed by atoms with Crippen molar-refractivity contribution in [2.75, 3.05) is 12.3 Å². The van der Waals surface area contributed by atoms with Crippen molar-refractivity contribution in [2.45, 2.75) is 37.6 Å². The predicted molar refractivity (Wildman–Crippen MR) is 75.1 cm³/mol. The third-order valence-corrected chi connectivity index (χ3v) is 4.26. The van der Waals surface area contributed by atoms with Crippen LogP contribution in [0, 0.1) is 0 Å². The second-order valence-corrected chi connectivity index (χ2v) is 5.95. The van der Waals surface area contributed by atoms with Crippen LogP contribution in [0.5, 0.6) is 0 Å². The summed E-state index contributed by atoms with van der Waals surface area (Å²) in [4.78, 5) is 0.816. The molecule has 0 aliphatic carbocycles. The van der Waals surface area contributed by atoms with Gasteiger partial charge in [0.05, 0.1) is 10.8 Å². The molecule has 0 aliphatic rings. The number of benzene rings is 1. The molecule has 0 aliphatic heterocycles. The highest BCUT2D eigenvalue weighted by Crippen LogP contribution is 2.15. The monoisotopic (exact) mass is 273 g/mol. The van der Waals surface area contributed by atoms with Gasteiger partial charge in [0.1, 0.15) is 0 Å². The molecule has 17 heavy (non-hydrogen) atoms. The lowest BCUT2D eigenvalue weighted by molar-refractivity contribution is 0.525. The highest BCUT2D eigenvalue weighted by molar-refractivity contribution is 7.85. The summed E-state index contributed by atoms with van der Waals surface area (Å²) in [5, 5.41) is 4.02. The van der Waals surface area contributed by atoms with Crippen LogP contribution in [0.3, 0.4) is 0 Å². The van der Waals surface area contributed by atoms with Gasteiger partial charge in [0.15, 0.2) is 0 Å². The second kappa shape index (κ2) is 7.85. The summed E-state index contributed by atoms with van der Waals surface area (Å²) in [6, 6.07) is 7.63. The van der Waals surface area contributed by atoms with E-state index in [4.69, 9.17) is 11.6 Å². The first-order valence-electron chi connectivity index (χ1n) is 6.04. The Morgan fingerprint density at radius 1 is 1.41 bits per heavy atom. The summed E-state index contributed by atoms with van der Waals surface area (Å²) in [6.07, 6.45) is 2.16. The summed E-state index contributed by atoms with van der Waals surface area (Å²) < 4.78 is 12.2. The van der Waals surface area contributed by atoms with Gasteiger partial charge in [-0.3, -0.25) is 4.21 Å². The molecule has 0 saturated carbocycles. The first kappa shape index (κ1) is 14.7. The quantitative estimate of drug-likeness (QED) is 0.826. The normalized spacial score (nSPS) is 14.5. The Hall–Kier alpha value is -0.380. The van der Waals surface area contributed by atoms with Crippen LogP contribution in [0.2, 0.25) is 5.02 Å². The number of hydrogen-bond donors (Lipinski definition) is 1. The van der Waals surface area contributed by atoms with Crippen molar-refractivity contribution in [3.8, 4) is 0 Å². The van der Waals surface area contributed by atoms with Crippen molar-refractivity contribution in [3.05, 3.63) is 29.3 Å². The Labute approximate surface area is 111 Å². The molecule has 0 radical (unpaired) electrons. The Balaban J connectivity index is 2.63. The number of halogens is 1. The average molecular weight is 274 g/mol. The third kappa shape index (κ3) is 5.19. The molecule has 0 bridgehead atoms. The molecular weight excluding hydrogens is 254 g/mol. The van der Waals surface area contributed by atoms with E-state index in [1.807, 2.05) is 12.1 Å². The van der Waals surface area contributed by atoms with Crippen molar-refractivity contribution in [1.82, 2.24) is 5.32 Å². The minimum atomic E-state index is -0.974. The fourth-order valence-electron chi connectivity index (χ4n) is 1.77. The van der Waals surface area contributed by atoms with E-state index in [1.54, 1.807) is 12.1 Å². The smallest absolute Gasteiger partial charge is 0.0545 e. The van der Waals surface area contributed by atoms with Crippen LogP contribution < -0.4 is 5.32 Å². The van der Waals surface area contributed by atoms with E-state index in [0.717, 1.165) is 24.3 Å². The number of nitrogens with one attached hydrogen (secondary N) is 1. The van der Waals surface area contributed by atoms with E-state index in [1.165, 1.54) is 0 Å². The van der Waals surface area contributed by atoms with Crippen molar-refractivity contribution in [2.24, 2.45) is 0 Å². The molecule has 1 aromatic carbocycles. The van der Waals surface area contributed by atoms with E-state index < -0.39 is 10.8 Å². The summed E-state index contributed by atoms with van der Waals surface area (Å²) in [5.74, 6) is 0.655. The van der Waals surface area contributed by atoms with E-state index in [2.05, 4.69) is 19.2 Å². The predicted octanol–water partition coefficient (Wildman–Crippen LogP) is 3.23. The van der Waals surface area contributed by atoms with E-state index in [0.29, 0.717) is 16.8 Å². The van der Waals surface area contributed by atoms with Gasteiger partial charge in [-0.15, -0.1) is 0 Å². The molecular formula is C13H20ClNOS. The van der Waals surface area contributed by atoms with Crippen molar-refractivity contribution in [3.63, 3.8) is 0 Å². The third-order valence-electron chi connectivity index (χ3n) is 2.54. The molecule has 1 aromatic rings. The van der Waals surface area contributed by atoms with Crippen LogP contribution in [0.1, 0.15) is 26.7 Å². The second-order valence-electron chi connectivity index (χ2n) is 4.01. The Kier molecular flexibility index (Phi) is 6.78. The minimum absolute atomic E-state index is 0.324. The Bertz CT molecular complexity index is 364. The summed E-state index contributed by atoms with van der Waals surface area (Å²) in [5.41, 5.74) is 0. The van der Waals surface area contributed by atoms with Crippen LogP contribution in [-0.2, 0) is 10.8 Å². The summed E-state index contributed by atoms with van der Waals surface area (Å²) >= 11 is 5.90. The van der Waals surface area contributed by atoms with Gasteiger partial charge in [-0.2, -0.15) is 0 Å². The van der Waals surface area contributed by atoms with Crippen LogP contribution >= 0.6 is 11.6 Å². The number of rotatable bonds is 7. The number of hydrogen-bond acceptors (Lipinski definition) is 2. The zero-order valence-corrected chi connectivity index (χ0v) is 12.0. The highest BCUT2D eigenvalue weighted by atomic mass is 35.5. The van der Waals surface area contributed by atoms with E-state index in [-0.39, 0.29) is 0 Å². The average Bonchev–Trinajstić information content (AvgIpc) is 2.29. The van der Waals surface area contributed by atoms with Gasteiger partial charge in [0, 0.05) is 21.7 Å². The lowest BCUT2D eigenvalue weighted by Gasteiger charge is -2.16. The van der Waals surface area contributed by atoms with Gasteiger partial charge in [-0.25, -0.2) is 0 Å². The lowest BCUT2D eigenvalue weighted by atomic mass is 10.2. The zero-order valence-electron chi connectivity index (χ0n) is 10.4. The summed E-state index contributed by atoms with van der Waals surface area (Å²) in [7, 11) is -0.974. The van der Waals surface area contributed by atoms with Gasteiger partial charge >= 0.3 is 0 Å². The molecule has 0 amide bonds. The molecule has 2 unspecified atom stereocenters. The van der Waals surface area contributed by atoms with Gasteiger partial charge in [0.2, 0.25) is 0 Å². The molecule has 2 atom stereocenters. The molecule has 1 rings (SSSR count). The van der Waals surface area contributed by atoms with Crippen LogP contribution in [0.15, 0.2) is 29.2 Å². The molecule has 0 fully saturated rings. The molecule has 0 saturated heterocycles. The molecule has 1 N–H and O–H groups in total. The molecule has 0 spiro atoms. The molecule has 96 valence electrons. The van der Waals surface area contributed by atoms with Crippen molar-refractivity contribution in [1.29, 1.82) is 0 Å². The van der Waals surface area contributed by atoms with E-state index in [9.17, 15) is 4.21 Å². The summed E-state index contributed by atoms with van der Waals surface area (Å²) in [6.45, 7) is 5.13. The minimum Gasteiger partial charge on any atom is -0.313 e. The zero-order chi connectivity index (χ0) is 12.7. The highest BCUT2D eigenvalue weighted by Gasteiger charge is 2.12. The standard InChI is InChI=1S/C13H20ClNOS/c1-3-6-12(15-4-2)10-17(16)13-8-5-7-11(14)9-13/h5,7-9,12,15H,3-4,6,10H2,1-2H3.